The number of hydrogen-bond donors (Lipinski definition) is 0. The zero-order chi connectivity index (χ0) is 19.3. The number of nitrogens with zero attached hydrogens (tertiary/aromatic N) is 2. The molecule has 0 radical (unpaired) electrons. The summed E-state index contributed by atoms with van der Waals surface area (Å²) < 4.78 is 7.03. The normalized spacial score (nSPS) is 16.1. The lowest BCUT2D eigenvalue weighted by atomic mass is 9.74. The monoisotopic (exact) mass is 368 g/mol. The van der Waals surface area contributed by atoms with Crippen molar-refractivity contribution in [2.24, 2.45) is 12.5 Å². The molecule has 0 spiro atoms. The number of ether oxygens (including phenoxy) is 1. The largest absolute Gasteiger partial charge is 0.466 e. The molecule has 0 bridgehead atoms. The summed E-state index contributed by atoms with van der Waals surface area (Å²) in [6.45, 7) is 3.63. The van der Waals surface area contributed by atoms with Gasteiger partial charge in [-0.2, -0.15) is 0 Å². The molecule has 0 unspecified atom stereocenters. The van der Waals surface area contributed by atoms with Crippen LogP contribution in [0.2, 0.25) is 0 Å². The fraction of sp³-hybridized carbons (Fsp3) is 0.455. The molecule has 27 heavy (non-hydrogen) atoms. The summed E-state index contributed by atoms with van der Waals surface area (Å²) in [5, 5.41) is 0. The molecule has 0 N–H and O–H groups in total. The molecule has 1 aromatic heterocycles. The second-order valence-electron chi connectivity index (χ2n) is 7.28. The highest BCUT2D eigenvalue weighted by Gasteiger charge is 2.42. The van der Waals surface area contributed by atoms with Crippen molar-refractivity contribution in [3.05, 3.63) is 64.6 Å². The molecular weight excluding hydrogens is 340 g/mol. The summed E-state index contributed by atoms with van der Waals surface area (Å²) in [6.07, 6.45) is 4.80. The first kappa shape index (κ1) is 19.2. The Hall–Kier alpha value is -2.56. The van der Waals surface area contributed by atoms with Crippen LogP contribution in [0.3, 0.4) is 0 Å². The minimum atomic E-state index is -0.470. The van der Waals surface area contributed by atoms with Crippen molar-refractivity contribution < 1.29 is 9.53 Å². The molecule has 1 aliphatic rings. The summed E-state index contributed by atoms with van der Waals surface area (Å²) in [5.74, 6) is -0.0958. The Balaban J connectivity index is 1.75. The first-order chi connectivity index (χ1) is 13.1. The Kier molecular flexibility index (Phi) is 5.99. The SMILES string of the molecule is CCOC(=O)C1(CCc2ccccc2)CCN(c2cccn(C)c2=O)CC1. The number of anilines is 1. The van der Waals surface area contributed by atoms with Gasteiger partial charge in [-0.15, -0.1) is 0 Å². The van der Waals surface area contributed by atoms with Gasteiger partial charge in [0, 0.05) is 26.3 Å². The second-order valence-corrected chi connectivity index (χ2v) is 7.28. The lowest BCUT2D eigenvalue weighted by Gasteiger charge is -2.40. The summed E-state index contributed by atoms with van der Waals surface area (Å²) >= 11 is 0. The van der Waals surface area contributed by atoms with Gasteiger partial charge in [-0.05, 0) is 50.3 Å². The molecule has 1 saturated heterocycles. The highest BCUT2D eigenvalue weighted by Crippen LogP contribution is 2.38. The highest BCUT2D eigenvalue weighted by atomic mass is 16.5. The summed E-state index contributed by atoms with van der Waals surface area (Å²) in [4.78, 5) is 27.3. The van der Waals surface area contributed by atoms with Crippen LogP contribution in [0.1, 0.15) is 31.7 Å². The molecule has 5 heteroatoms. The van der Waals surface area contributed by atoms with Gasteiger partial charge in [0.05, 0.1) is 12.0 Å². The third-order valence-electron chi connectivity index (χ3n) is 5.61. The van der Waals surface area contributed by atoms with Crippen LogP contribution in [0, 0.1) is 5.41 Å². The molecule has 0 amide bonds. The van der Waals surface area contributed by atoms with E-state index in [9.17, 15) is 9.59 Å². The molecule has 1 aromatic carbocycles. The maximum Gasteiger partial charge on any atom is 0.312 e. The average Bonchev–Trinajstić information content (AvgIpc) is 2.70. The third kappa shape index (κ3) is 4.24. The molecule has 2 aromatic rings. The Labute approximate surface area is 160 Å². The van der Waals surface area contributed by atoms with E-state index in [4.69, 9.17) is 4.74 Å². The van der Waals surface area contributed by atoms with Crippen molar-refractivity contribution in [2.45, 2.75) is 32.6 Å². The van der Waals surface area contributed by atoms with Gasteiger partial charge in [0.1, 0.15) is 5.69 Å². The Morgan fingerprint density at radius 2 is 1.81 bits per heavy atom. The van der Waals surface area contributed by atoms with E-state index in [1.165, 1.54) is 5.56 Å². The van der Waals surface area contributed by atoms with Gasteiger partial charge in [0.25, 0.3) is 5.56 Å². The van der Waals surface area contributed by atoms with E-state index in [1.807, 2.05) is 37.3 Å². The van der Waals surface area contributed by atoms with Crippen LogP contribution in [0.5, 0.6) is 0 Å². The van der Waals surface area contributed by atoms with Gasteiger partial charge in [-0.25, -0.2) is 0 Å². The number of carbonyl (C=O) groups excluding carboxylic acids is 1. The van der Waals surface area contributed by atoms with E-state index < -0.39 is 5.41 Å². The van der Waals surface area contributed by atoms with Crippen molar-refractivity contribution in [3.8, 4) is 0 Å². The van der Waals surface area contributed by atoms with Crippen LogP contribution in [0.15, 0.2) is 53.5 Å². The predicted octanol–water partition coefficient (Wildman–Crippen LogP) is 3.17. The van der Waals surface area contributed by atoms with Crippen molar-refractivity contribution in [2.75, 3.05) is 24.6 Å². The van der Waals surface area contributed by atoms with Crippen LogP contribution in [-0.4, -0.2) is 30.2 Å². The quantitative estimate of drug-likeness (QED) is 0.735. The topological polar surface area (TPSA) is 51.5 Å². The number of hydrogen-bond acceptors (Lipinski definition) is 4. The second kappa shape index (κ2) is 8.42. The van der Waals surface area contributed by atoms with Gasteiger partial charge in [0.2, 0.25) is 0 Å². The van der Waals surface area contributed by atoms with Crippen LogP contribution in [0.4, 0.5) is 5.69 Å². The van der Waals surface area contributed by atoms with Crippen molar-refractivity contribution in [1.29, 1.82) is 0 Å². The van der Waals surface area contributed by atoms with Gasteiger partial charge < -0.3 is 14.2 Å². The first-order valence-corrected chi connectivity index (χ1v) is 9.67. The van der Waals surface area contributed by atoms with Gasteiger partial charge in [-0.3, -0.25) is 9.59 Å². The van der Waals surface area contributed by atoms with Crippen LogP contribution in [-0.2, 0) is 23.0 Å². The minimum Gasteiger partial charge on any atom is -0.466 e. The standard InChI is InChI=1S/C22H28N2O3/c1-3-27-21(26)22(12-11-18-8-5-4-6-9-18)13-16-24(17-14-22)19-10-7-15-23(2)20(19)25/h4-10,15H,3,11-14,16-17H2,1-2H3. The lowest BCUT2D eigenvalue weighted by Crippen LogP contribution is -2.47. The Morgan fingerprint density at radius 3 is 2.48 bits per heavy atom. The number of carbonyl (C=O) groups is 1. The van der Waals surface area contributed by atoms with Crippen molar-refractivity contribution in [1.82, 2.24) is 4.57 Å². The Bertz CT molecular complexity index is 821. The molecule has 1 fully saturated rings. The molecule has 3 rings (SSSR count). The van der Waals surface area contributed by atoms with Gasteiger partial charge in [0.15, 0.2) is 0 Å². The fourth-order valence-electron chi connectivity index (χ4n) is 3.87. The molecule has 2 heterocycles. The molecule has 0 atom stereocenters. The number of benzene rings is 1. The summed E-state index contributed by atoms with van der Waals surface area (Å²) in [6, 6.07) is 14.0. The number of rotatable bonds is 6. The number of aromatic nitrogens is 1. The third-order valence-corrected chi connectivity index (χ3v) is 5.61. The molecule has 0 saturated carbocycles. The molecule has 144 valence electrons. The van der Waals surface area contributed by atoms with E-state index in [-0.39, 0.29) is 11.5 Å². The molecule has 0 aliphatic carbocycles. The first-order valence-electron chi connectivity index (χ1n) is 9.67. The van der Waals surface area contributed by atoms with Crippen molar-refractivity contribution >= 4 is 11.7 Å². The maximum atomic E-state index is 12.8. The highest BCUT2D eigenvalue weighted by molar-refractivity contribution is 5.77. The van der Waals surface area contributed by atoms with E-state index in [1.54, 1.807) is 17.8 Å². The fourth-order valence-corrected chi connectivity index (χ4v) is 3.87. The molecule has 5 nitrogen and oxygen atoms in total. The van der Waals surface area contributed by atoms with E-state index >= 15 is 0 Å². The van der Waals surface area contributed by atoms with Crippen LogP contribution < -0.4 is 10.5 Å². The predicted molar refractivity (Wildman–Crippen MR) is 107 cm³/mol. The smallest absolute Gasteiger partial charge is 0.312 e. The summed E-state index contributed by atoms with van der Waals surface area (Å²) in [5.41, 5.74) is 1.48. The number of pyridine rings is 1. The van der Waals surface area contributed by atoms with Gasteiger partial charge in [-0.1, -0.05) is 30.3 Å². The van der Waals surface area contributed by atoms with E-state index in [0.29, 0.717) is 38.2 Å². The summed E-state index contributed by atoms with van der Waals surface area (Å²) in [7, 11) is 1.76. The Morgan fingerprint density at radius 1 is 1.11 bits per heavy atom. The maximum absolute atomic E-state index is 12.8. The van der Waals surface area contributed by atoms with Crippen LogP contribution in [0.25, 0.3) is 0 Å². The van der Waals surface area contributed by atoms with E-state index in [0.717, 1.165) is 12.8 Å². The van der Waals surface area contributed by atoms with Crippen molar-refractivity contribution in [3.63, 3.8) is 0 Å². The van der Waals surface area contributed by atoms with Crippen LogP contribution >= 0.6 is 0 Å². The van der Waals surface area contributed by atoms with E-state index in [2.05, 4.69) is 17.0 Å². The lowest BCUT2D eigenvalue weighted by molar-refractivity contribution is -0.157. The zero-order valence-corrected chi connectivity index (χ0v) is 16.2. The molecular formula is C22H28N2O3. The minimum absolute atomic E-state index is 0.00502. The van der Waals surface area contributed by atoms with Gasteiger partial charge >= 0.3 is 5.97 Å². The number of aryl methyl sites for hydroxylation is 2. The number of piperidine rings is 1. The number of esters is 1. The average molecular weight is 368 g/mol. The zero-order valence-electron chi connectivity index (χ0n) is 16.2. The molecule has 1 aliphatic heterocycles.